The van der Waals surface area contributed by atoms with E-state index < -0.39 is 228 Å². The number of ether oxygens (including phenoxy) is 13. The zero-order valence-corrected chi connectivity index (χ0v) is 44.8. The molecule has 18 N–H and O–H groups in total. The molecule has 34 nitrogen and oxygen atoms in total. The van der Waals surface area contributed by atoms with Gasteiger partial charge in [0.1, 0.15) is 128 Å². The van der Waals surface area contributed by atoms with E-state index >= 15 is 0 Å². The van der Waals surface area contributed by atoms with Gasteiger partial charge in [-0.05, 0) is 26.7 Å². The summed E-state index contributed by atoms with van der Waals surface area (Å²) in [6.07, 6.45) is -52.4. The van der Waals surface area contributed by atoms with Crippen LogP contribution in [0.25, 0.3) is 0 Å². The van der Waals surface area contributed by atoms with Crippen LogP contribution in [0, 0.1) is 0 Å². The Morgan fingerprint density at radius 2 is 0.951 bits per heavy atom. The number of esters is 1. The van der Waals surface area contributed by atoms with Crippen LogP contribution in [-0.4, -0.2) is 323 Å². The van der Waals surface area contributed by atoms with E-state index in [1.165, 1.54) is 21.0 Å². The molecule has 2 amide bonds. The Balaban J connectivity index is 1.32. The molecule has 34 heteroatoms. The summed E-state index contributed by atoms with van der Waals surface area (Å²) in [7, 11) is 1.23. The zero-order valence-electron chi connectivity index (χ0n) is 44.8. The number of hydrogen-bond donors (Lipinski definition) is 18. The largest absolute Gasteiger partial charge is 0.469 e. The predicted octanol–water partition coefficient (Wildman–Crippen LogP) is -10.7. The lowest BCUT2D eigenvalue weighted by atomic mass is 9.92. The molecule has 6 fully saturated rings. The number of amides is 2. The first kappa shape index (κ1) is 67.4. The van der Waals surface area contributed by atoms with Gasteiger partial charge in [0.25, 0.3) is 0 Å². The number of aliphatic hydroxyl groups is 16. The Morgan fingerprint density at radius 3 is 1.49 bits per heavy atom. The first-order valence-electron chi connectivity index (χ1n) is 26.4. The van der Waals surface area contributed by atoms with Crippen LogP contribution in [0.1, 0.15) is 53.4 Å². The lowest BCUT2D eigenvalue weighted by molar-refractivity contribution is -0.404. The van der Waals surface area contributed by atoms with Gasteiger partial charge in [-0.25, -0.2) is 0 Å². The highest BCUT2D eigenvalue weighted by atomic mass is 16.8. The summed E-state index contributed by atoms with van der Waals surface area (Å²) in [5, 5.41) is 181. The molecule has 6 heterocycles. The van der Waals surface area contributed by atoms with E-state index in [0.717, 1.165) is 13.8 Å². The maximum atomic E-state index is 13.2. The molecule has 0 aromatic rings. The van der Waals surface area contributed by atoms with Gasteiger partial charge >= 0.3 is 5.97 Å². The van der Waals surface area contributed by atoms with Crippen LogP contribution in [-0.2, 0) is 76.0 Å². The first-order chi connectivity index (χ1) is 38.3. The molecule has 470 valence electrons. The summed E-state index contributed by atoms with van der Waals surface area (Å²) in [5.41, 5.74) is -2.85. The molecule has 0 unspecified atom stereocenters. The van der Waals surface area contributed by atoms with Crippen molar-refractivity contribution in [1.29, 1.82) is 0 Å². The van der Waals surface area contributed by atoms with Crippen LogP contribution in [0.2, 0.25) is 0 Å². The van der Waals surface area contributed by atoms with E-state index in [1.54, 1.807) is 0 Å². The minimum atomic E-state index is -2.85. The molecule has 0 radical (unpaired) electrons. The molecule has 30 atom stereocenters. The van der Waals surface area contributed by atoms with Gasteiger partial charge in [-0.15, -0.1) is 0 Å². The number of nitrogens with one attached hydrogen (secondary N) is 2. The Kier molecular flexibility index (Phi) is 24.6. The van der Waals surface area contributed by atoms with Crippen LogP contribution in [0.15, 0.2) is 0 Å². The fourth-order valence-electron chi connectivity index (χ4n) is 10.2. The van der Waals surface area contributed by atoms with Crippen molar-refractivity contribution in [2.24, 2.45) is 0 Å². The van der Waals surface area contributed by atoms with Gasteiger partial charge in [-0.3, -0.25) is 14.4 Å². The number of hydrogen-bond acceptors (Lipinski definition) is 32. The predicted molar refractivity (Wildman–Crippen MR) is 255 cm³/mol. The number of carbonyl (C=O) groups is 3. The fraction of sp³-hybridized carbons (Fsp3) is 0.936. The van der Waals surface area contributed by atoms with Gasteiger partial charge in [-0.1, -0.05) is 6.42 Å². The Hall–Kier alpha value is -2.71. The second-order valence-corrected chi connectivity index (χ2v) is 20.6. The molecule has 0 spiro atoms. The Bertz CT molecular complexity index is 1990. The minimum absolute atomic E-state index is 0.104. The molecular weight excluding hydrogens is 1100 g/mol. The van der Waals surface area contributed by atoms with Crippen LogP contribution >= 0.6 is 0 Å². The lowest BCUT2D eigenvalue weighted by Crippen LogP contribution is -2.75. The Morgan fingerprint density at radius 1 is 0.469 bits per heavy atom. The van der Waals surface area contributed by atoms with Crippen molar-refractivity contribution in [2.45, 2.75) is 237 Å². The van der Waals surface area contributed by atoms with E-state index in [1.807, 2.05) is 0 Å². The topological polar surface area (TPSA) is 519 Å². The van der Waals surface area contributed by atoms with Crippen LogP contribution < -0.4 is 10.6 Å². The number of methoxy groups -OCH3 is 1. The van der Waals surface area contributed by atoms with Gasteiger partial charge in [0, 0.05) is 26.9 Å². The summed E-state index contributed by atoms with van der Waals surface area (Å²) in [4.78, 5) is 37.2. The van der Waals surface area contributed by atoms with Crippen molar-refractivity contribution < 1.29 is 158 Å². The zero-order chi connectivity index (χ0) is 59.9. The highest BCUT2D eigenvalue weighted by Gasteiger charge is 2.61. The van der Waals surface area contributed by atoms with E-state index in [4.69, 9.17) is 56.8 Å². The van der Waals surface area contributed by atoms with Gasteiger partial charge in [0.15, 0.2) is 31.5 Å². The summed E-state index contributed by atoms with van der Waals surface area (Å²) in [5.74, 6) is -2.27. The SMILES string of the molecule is COC(=O)CCCCCO[C@@H]1O[C@H](CO)[C@@H](O[C@@H]2O[C@H](CO)[C@H](O)[C@H](O[C@@H]3O[C@H](CO)[C@@H](O[C@@H]4O[C@H](CO)[C@H](O)[C@H](O)[C@H]4O[C@@H]4O[C@@H](C)[C@@H](O)[C@@H](O)[C@@H]4O)[C@H](O[C@@H]4O[C@@H](C)[C@@H](O)[C@@H](O)[C@@H]4O)[C@H]3NC(C)=O)[C@H]2O)[C@H](O)[C@]1(O)NC(C)=O. The van der Waals surface area contributed by atoms with Gasteiger partial charge < -0.3 is 154 Å². The quantitative estimate of drug-likeness (QED) is 0.0257. The molecule has 0 saturated carbocycles. The standard InChI is InChI=1S/C47H80N2O32/c1-15-25(57)29(61)32(64)42(71-15)79-37-24(48-17(3)54)41(75-21(13-52)35(37)77-45-39(31(63)27(59)19(11-50)74-45)81-43-33(65)30(62)26(58)16(2)72-43)80-38-28(60)20(12-51)73-44(34(38)66)78-36-22(14-53)76-46(47(68,40(36)67)49-18(4)55)70-10-8-6-7-9-23(56)69-5/h15-16,19-22,24-46,50-53,57-68H,6-14H2,1-5H3,(H,48,54)(H,49,55)/t15-,16-,19+,20+,21+,22+,24+,25+,26+,27-,28-,29+,30+,31-,32-,33-,34+,35+,36+,37+,38-,39+,40-,41-,42-,43-,44-,45-,46+,47+/m0/s1. The second kappa shape index (κ2) is 29.6. The summed E-state index contributed by atoms with van der Waals surface area (Å²) in [6, 6.07) is -1.89. The molecule has 0 aromatic carbocycles. The summed E-state index contributed by atoms with van der Waals surface area (Å²) in [6.45, 7) is 0.237. The molecule has 6 rings (SSSR count). The molecule has 6 saturated heterocycles. The molecule has 0 bridgehead atoms. The molecule has 81 heavy (non-hydrogen) atoms. The van der Waals surface area contributed by atoms with Crippen molar-refractivity contribution >= 4 is 17.8 Å². The maximum Gasteiger partial charge on any atom is 0.305 e. The molecular formula is C47H80N2O32. The van der Waals surface area contributed by atoms with E-state index in [-0.39, 0.29) is 19.4 Å². The molecule has 0 aliphatic carbocycles. The number of carbonyl (C=O) groups excluding carboxylic acids is 3. The highest BCUT2D eigenvalue weighted by Crippen LogP contribution is 2.39. The maximum absolute atomic E-state index is 13.2. The van der Waals surface area contributed by atoms with Crippen LogP contribution in [0.3, 0.4) is 0 Å². The molecule has 0 aromatic heterocycles. The van der Waals surface area contributed by atoms with Crippen LogP contribution in [0.4, 0.5) is 0 Å². The van der Waals surface area contributed by atoms with E-state index in [2.05, 4.69) is 15.4 Å². The summed E-state index contributed by atoms with van der Waals surface area (Å²) >= 11 is 0. The average Bonchev–Trinajstić information content (AvgIpc) is 3.62. The number of rotatable bonds is 23. The van der Waals surface area contributed by atoms with Gasteiger partial charge in [0.2, 0.25) is 23.8 Å². The molecule has 6 aliphatic rings. The normalized spacial score (nSPS) is 46.9. The first-order valence-corrected chi connectivity index (χ1v) is 26.4. The van der Waals surface area contributed by atoms with Crippen molar-refractivity contribution in [3.63, 3.8) is 0 Å². The van der Waals surface area contributed by atoms with Crippen molar-refractivity contribution in [2.75, 3.05) is 40.1 Å². The Labute approximate surface area is 462 Å². The summed E-state index contributed by atoms with van der Waals surface area (Å²) < 4.78 is 75.7. The smallest absolute Gasteiger partial charge is 0.305 e. The average molecular weight is 1190 g/mol. The van der Waals surface area contributed by atoms with Crippen molar-refractivity contribution in [3.05, 3.63) is 0 Å². The highest BCUT2D eigenvalue weighted by molar-refractivity contribution is 5.74. The van der Waals surface area contributed by atoms with Gasteiger partial charge in [0.05, 0.1) is 45.7 Å². The third-order valence-corrected chi connectivity index (χ3v) is 14.8. The fourth-order valence-corrected chi connectivity index (χ4v) is 10.2. The third-order valence-electron chi connectivity index (χ3n) is 14.8. The van der Waals surface area contributed by atoms with E-state index in [0.29, 0.717) is 12.8 Å². The minimum Gasteiger partial charge on any atom is -0.469 e. The van der Waals surface area contributed by atoms with Crippen LogP contribution in [0.5, 0.6) is 0 Å². The monoisotopic (exact) mass is 1180 g/mol. The van der Waals surface area contributed by atoms with Gasteiger partial charge in [-0.2, -0.15) is 0 Å². The third kappa shape index (κ3) is 15.3. The van der Waals surface area contributed by atoms with E-state index in [9.17, 15) is 96.1 Å². The lowest BCUT2D eigenvalue weighted by Gasteiger charge is -2.52. The molecule has 6 aliphatic heterocycles. The number of unbranched alkanes of at least 4 members (excludes halogenated alkanes) is 2. The van der Waals surface area contributed by atoms with Crippen molar-refractivity contribution in [1.82, 2.24) is 10.6 Å². The van der Waals surface area contributed by atoms with Crippen molar-refractivity contribution in [3.8, 4) is 0 Å². The number of aliphatic hydroxyl groups excluding tert-OH is 15. The second-order valence-electron chi connectivity index (χ2n) is 20.6.